The van der Waals surface area contributed by atoms with Crippen LogP contribution in [0.2, 0.25) is 0 Å². The van der Waals surface area contributed by atoms with Gasteiger partial charge in [0.15, 0.2) is 0 Å². The SMILES string of the molecule is c1ccc(-c2ccc(N(c3ccc(-c4cccc(-c5ccc6sc7ccccc7c6c5)c4)cc3)c3ccc(-c4cc(-c5ccccc5)cc(-c5ccccc5)c4)cc3)cc2)cc1. The lowest BCUT2D eigenvalue weighted by Gasteiger charge is -2.26. The molecule has 1 nitrogen and oxygen atoms in total. The molecule has 11 rings (SSSR count). The predicted molar refractivity (Wildman–Crippen MR) is 267 cm³/mol. The maximum atomic E-state index is 2.36. The van der Waals surface area contributed by atoms with E-state index in [0.29, 0.717) is 0 Å². The Bertz CT molecular complexity index is 3240. The van der Waals surface area contributed by atoms with E-state index in [4.69, 9.17) is 0 Å². The highest BCUT2D eigenvalue weighted by molar-refractivity contribution is 7.25. The molecule has 0 amide bonds. The van der Waals surface area contributed by atoms with Crippen LogP contribution >= 0.6 is 11.3 Å². The van der Waals surface area contributed by atoms with Gasteiger partial charge in [-0.25, -0.2) is 0 Å². The summed E-state index contributed by atoms with van der Waals surface area (Å²) in [5.41, 5.74) is 17.7. The Morgan fingerprint density at radius 1 is 0.210 bits per heavy atom. The molecule has 0 aliphatic carbocycles. The Labute approximate surface area is 367 Å². The van der Waals surface area contributed by atoms with Crippen LogP contribution in [0.25, 0.3) is 86.9 Å². The van der Waals surface area contributed by atoms with Crippen molar-refractivity contribution >= 4 is 48.6 Å². The van der Waals surface area contributed by atoms with E-state index >= 15 is 0 Å². The second-order valence-corrected chi connectivity index (χ2v) is 16.8. The highest BCUT2D eigenvalue weighted by Crippen LogP contribution is 2.40. The molecule has 62 heavy (non-hydrogen) atoms. The van der Waals surface area contributed by atoms with Crippen LogP contribution in [0.15, 0.2) is 249 Å². The van der Waals surface area contributed by atoms with Crippen LogP contribution in [0.4, 0.5) is 17.1 Å². The zero-order valence-electron chi connectivity index (χ0n) is 34.0. The van der Waals surface area contributed by atoms with Crippen LogP contribution in [-0.2, 0) is 0 Å². The highest BCUT2D eigenvalue weighted by Gasteiger charge is 2.15. The lowest BCUT2D eigenvalue weighted by molar-refractivity contribution is 1.28. The predicted octanol–water partition coefficient (Wildman–Crippen LogP) is 17.5. The third-order valence-corrected chi connectivity index (χ3v) is 13.0. The first-order valence-electron chi connectivity index (χ1n) is 21.1. The van der Waals surface area contributed by atoms with Crippen molar-refractivity contribution in [3.8, 4) is 66.8 Å². The average molecular weight is 808 g/mol. The maximum absolute atomic E-state index is 2.36. The molecule has 0 aliphatic rings. The fourth-order valence-electron chi connectivity index (χ4n) is 8.66. The van der Waals surface area contributed by atoms with Crippen molar-refractivity contribution in [2.45, 2.75) is 0 Å². The summed E-state index contributed by atoms with van der Waals surface area (Å²) in [6, 6.07) is 90.3. The summed E-state index contributed by atoms with van der Waals surface area (Å²) in [6.07, 6.45) is 0. The molecule has 11 aromatic rings. The van der Waals surface area contributed by atoms with Crippen molar-refractivity contribution in [1.82, 2.24) is 0 Å². The molecular weight excluding hydrogens is 767 g/mol. The minimum atomic E-state index is 1.09. The van der Waals surface area contributed by atoms with Crippen LogP contribution in [0.1, 0.15) is 0 Å². The number of rotatable bonds is 9. The molecule has 0 bridgehead atoms. The van der Waals surface area contributed by atoms with Gasteiger partial charge in [-0.1, -0.05) is 170 Å². The summed E-state index contributed by atoms with van der Waals surface area (Å²) in [4.78, 5) is 2.36. The lowest BCUT2D eigenvalue weighted by atomic mass is 9.93. The Morgan fingerprint density at radius 3 is 1.05 bits per heavy atom. The highest BCUT2D eigenvalue weighted by atomic mass is 32.1. The minimum Gasteiger partial charge on any atom is -0.311 e. The summed E-state index contributed by atoms with van der Waals surface area (Å²) in [6.45, 7) is 0. The summed E-state index contributed by atoms with van der Waals surface area (Å²) >= 11 is 1.86. The number of thiophene rings is 1. The van der Waals surface area contributed by atoms with Gasteiger partial charge in [0.05, 0.1) is 0 Å². The van der Waals surface area contributed by atoms with Crippen LogP contribution in [0.5, 0.6) is 0 Å². The topological polar surface area (TPSA) is 3.24 Å². The van der Waals surface area contributed by atoms with Gasteiger partial charge in [-0.05, 0) is 146 Å². The summed E-state index contributed by atoms with van der Waals surface area (Å²) in [5, 5.41) is 2.64. The van der Waals surface area contributed by atoms with Crippen LogP contribution in [0, 0.1) is 0 Å². The number of fused-ring (bicyclic) bond motifs is 3. The molecule has 0 spiro atoms. The van der Waals surface area contributed by atoms with Crippen LogP contribution < -0.4 is 4.90 Å². The molecule has 0 N–H and O–H groups in total. The zero-order chi connectivity index (χ0) is 41.2. The van der Waals surface area contributed by atoms with Crippen molar-refractivity contribution < 1.29 is 0 Å². The van der Waals surface area contributed by atoms with Crippen molar-refractivity contribution in [2.75, 3.05) is 4.90 Å². The van der Waals surface area contributed by atoms with E-state index in [-0.39, 0.29) is 0 Å². The fourth-order valence-corrected chi connectivity index (χ4v) is 9.75. The second-order valence-electron chi connectivity index (χ2n) is 15.8. The summed E-state index contributed by atoms with van der Waals surface area (Å²) < 4.78 is 2.65. The molecule has 0 atom stereocenters. The normalized spacial score (nSPS) is 11.2. The first-order valence-corrected chi connectivity index (χ1v) is 22.0. The summed E-state index contributed by atoms with van der Waals surface area (Å²) in [7, 11) is 0. The van der Waals surface area contributed by atoms with Gasteiger partial charge in [0.25, 0.3) is 0 Å². The first-order chi connectivity index (χ1) is 30.7. The van der Waals surface area contributed by atoms with Crippen molar-refractivity contribution in [3.63, 3.8) is 0 Å². The van der Waals surface area contributed by atoms with Crippen molar-refractivity contribution in [1.29, 1.82) is 0 Å². The summed E-state index contributed by atoms with van der Waals surface area (Å²) in [5.74, 6) is 0. The van der Waals surface area contributed by atoms with E-state index in [1.165, 1.54) is 86.9 Å². The molecule has 10 aromatic carbocycles. The lowest BCUT2D eigenvalue weighted by Crippen LogP contribution is -2.09. The number of anilines is 3. The third-order valence-electron chi connectivity index (χ3n) is 11.9. The number of hydrogen-bond acceptors (Lipinski definition) is 2. The van der Waals surface area contributed by atoms with Gasteiger partial charge in [0.1, 0.15) is 0 Å². The Hall–Kier alpha value is -7.78. The van der Waals surface area contributed by atoms with E-state index in [9.17, 15) is 0 Å². The molecule has 0 aliphatic heterocycles. The monoisotopic (exact) mass is 807 g/mol. The Kier molecular flexibility index (Phi) is 9.82. The average Bonchev–Trinajstić information content (AvgIpc) is 3.74. The molecule has 1 aromatic heterocycles. The van der Waals surface area contributed by atoms with Crippen LogP contribution in [0.3, 0.4) is 0 Å². The van der Waals surface area contributed by atoms with E-state index in [1.807, 2.05) is 11.3 Å². The Morgan fingerprint density at radius 2 is 0.532 bits per heavy atom. The Balaban J connectivity index is 0.948. The molecule has 0 radical (unpaired) electrons. The maximum Gasteiger partial charge on any atom is 0.0462 e. The standard InChI is InChI=1S/C60H41NS/c1-4-13-42(14-5-1)45-23-30-54(31-24-45)61(56-34-27-47(28-35-56)53-39-51(43-15-6-2-7-16-43)38-52(40-53)44-17-8-3-9-18-44)55-32-25-46(26-33-55)48-19-12-20-49(37-48)50-29-36-60-58(41-50)57-21-10-11-22-59(57)62-60/h1-41H. The van der Waals surface area contributed by atoms with Gasteiger partial charge >= 0.3 is 0 Å². The number of benzene rings is 10. The van der Waals surface area contributed by atoms with E-state index in [1.54, 1.807) is 0 Å². The smallest absolute Gasteiger partial charge is 0.0462 e. The molecule has 1 heterocycles. The molecule has 0 saturated carbocycles. The van der Waals surface area contributed by atoms with Crippen molar-refractivity contribution in [2.24, 2.45) is 0 Å². The minimum absolute atomic E-state index is 1.09. The molecule has 2 heteroatoms. The van der Waals surface area contributed by atoms with Gasteiger partial charge in [0.2, 0.25) is 0 Å². The van der Waals surface area contributed by atoms with Gasteiger partial charge < -0.3 is 4.90 Å². The molecule has 0 fully saturated rings. The second kappa shape index (κ2) is 16.3. The fraction of sp³-hybridized carbons (Fsp3) is 0. The van der Waals surface area contributed by atoms with E-state index < -0.39 is 0 Å². The zero-order valence-corrected chi connectivity index (χ0v) is 34.8. The van der Waals surface area contributed by atoms with E-state index in [0.717, 1.165) is 17.1 Å². The number of nitrogens with zero attached hydrogens (tertiary/aromatic N) is 1. The molecule has 0 saturated heterocycles. The van der Waals surface area contributed by atoms with Gasteiger partial charge in [-0.3, -0.25) is 0 Å². The van der Waals surface area contributed by atoms with Gasteiger partial charge in [0, 0.05) is 37.2 Å². The quantitative estimate of drug-likeness (QED) is 0.140. The van der Waals surface area contributed by atoms with E-state index in [2.05, 4.69) is 254 Å². The molecular formula is C60H41NS. The van der Waals surface area contributed by atoms with Gasteiger partial charge in [-0.2, -0.15) is 0 Å². The van der Waals surface area contributed by atoms with Crippen LogP contribution in [-0.4, -0.2) is 0 Å². The van der Waals surface area contributed by atoms with Gasteiger partial charge in [-0.15, -0.1) is 11.3 Å². The van der Waals surface area contributed by atoms with Crippen molar-refractivity contribution in [3.05, 3.63) is 249 Å². The molecule has 0 unspecified atom stereocenters. The molecule has 292 valence electrons. The largest absolute Gasteiger partial charge is 0.311 e. The first kappa shape index (κ1) is 37.2. The third kappa shape index (κ3) is 7.38. The number of hydrogen-bond donors (Lipinski definition) is 0.